The Hall–Kier alpha value is 0.331. The Morgan fingerprint density at radius 3 is 0.920 bits per heavy atom. The summed E-state index contributed by atoms with van der Waals surface area (Å²) >= 11 is 0. The molecule has 0 spiro atoms. The Kier molecular flexibility index (Phi) is 31.9. The van der Waals surface area contributed by atoms with Crippen LogP contribution in [-0.4, -0.2) is 82.7 Å². The zero-order valence-corrected chi connectivity index (χ0v) is 21.0. The van der Waals surface area contributed by atoms with Gasteiger partial charge in [0, 0.05) is 54.4 Å². The van der Waals surface area contributed by atoms with E-state index in [-0.39, 0.29) is 0 Å². The predicted octanol–water partition coefficient (Wildman–Crippen LogP) is 1.37. The van der Waals surface area contributed by atoms with Crippen LogP contribution in [0.3, 0.4) is 0 Å². The minimum Gasteiger partial charge on any atom is -0.397 e. The molecule has 0 aromatic rings. The fourth-order valence-corrected chi connectivity index (χ4v) is 4.08. The fourth-order valence-electron chi connectivity index (χ4n) is 1.36. The minimum atomic E-state index is -1.73. The van der Waals surface area contributed by atoms with Gasteiger partial charge in [-0.1, -0.05) is 0 Å². The first-order chi connectivity index (χ1) is 12.0. The summed E-state index contributed by atoms with van der Waals surface area (Å²) in [5.41, 5.74) is 0. The van der Waals surface area contributed by atoms with E-state index in [1.165, 1.54) is 0 Å². The lowest BCUT2D eigenvalue weighted by molar-refractivity contribution is 0.107. The summed E-state index contributed by atoms with van der Waals surface area (Å²) < 4.78 is 40.3. The fraction of sp³-hybridized carbons (Fsp3) is 1.00. The Balaban J connectivity index is -0.000000296. The van der Waals surface area contributed by atoms with Crippen LogP contribution in [-0.2, 0) is 35.4 Å². The number of hydrogen-bond acceptors (Lipinski definition) is 8. The Morgan fingerprint density at radius 1 is 0.480 bits per heavy atom. The van der Waals surface area contributed by atoms with E-state index in [9.17, 15) is 0 Å². The molecule has 25 heavy (non-hydrogen) atoms. The maximum atomic E-state index is 5.22. The quantitative estimate of drug-likeness (QED) is 0.414. The summed E-state index contributed by atoms with van der Waals surface area (Å²) in [6.45, 7) is 15.4. The average Bonchev–Trinajstić information content (AvgIpc) is 2.59. The van der Waals surface area contributed by atoms with Crippen molar-refractivity contribution in [3.8, 4) is 0 Å². The van der Waals surface area contributed by atoms with Crippen LogP contribution >= 0.6 is 0 Å². The molecular formula is C14H40O8Si3. The molecule has 0 bridgehead atoms. The highest BCUT2D eigenvalue weighted by Crippen LogP contribution is 1.91. The molecule has 0 N–H and O–H groups in total. The standard InChI is InChI=1S/C6H16O3Si.C5H14O2Si.C3H10O3Si/c1-4-7-10(8-5-2)9-6-3;1-4-6-8(3)7-5-2;1-4-7(5-2)6-3/h10H,4-6H2,1-3H3;8H,4-5H2,1-3H3;7H,1-3H3. The van der Waals surface area contributed by atoms with Crippen LogP contribution in [0.15, 0.2) is 0 Å². The largest absolute Gasteiger partial charge is 0.484 e. The zero-order chi connectivity index (χ0) is 19.9. The summed E-state index contributed by atoms with van der Waals surface area (Å²) in [6.07, 6.45) is 0. The first kappa shape index (κ1) is 30.1. The molecule has 11 heteroatoms. The van der Waals surface area contributed by atoms with Crippen LogP contribution in [0.25, 0.3) is 0 Å². The molecule has 0 aromatic heterocycles. The van der Waals surface area contributed by atoms with Crippen molar-refractivity contribution in [3.63, 3.8) is 0 Å². The van der Waals surface area contributed by atoms with Gasteiger partial charge >= 0.3 is 28.3 Å². The van der Waals surface area contributed by atoms with Gasteiger partial charge in [0.2, 0.25) is 0 Å². The lowest BCUT2D eigenvalue weighted by Crippen LogP contribution is -2.27. The van der Waals surface area contributed by atoms with Gasteiger partial charge in [0.25, 0.3) is 0 Å². The molecule has 0 saturated heterocycles. The van der Waals surface area contributed by atoms with Crippen molar-refractivity contribution >= 4 is 28.3 Å². The van der Waals surface area contributed by atoms with Gasteiger partial charge in [0.05, 0.1) is 0 Å². The molecule has 0 saturated carbocycles. The highest BCUT2D eigenvalue weighted by atomic mass is 28.3. The summed E-state index contributed by atoms with van der Waals surface area (Å²) in [6, 6.07) is 0. The van der Waals surface area contributed by atoms with Crippen LogP contribution in [0.5, 0.6) is 0 Å². The van der Waals surface area contributed by atoms with E-state index in [1.54, 1.807) is 21.3 Å². The second-order valence-corrected chi connectivity index (χ2v) is 9.50. The molecule has 8 nitrogen and oxygen atoms in total. The monoisotopic (exact) mass is 420 g/mol. The molecule has 0 rings (SSSR count). The van der Waals surface area contributed by atoms with Crippen molar-refractivity contribution in [1.82, 2.24) is 0 Å². The molecule has 0 atom stereocenters. The second-order valence-electron chi connectivity index (χ2n) is 4.13. The molecular weight excluding hydrogens is 380 g/mol. The van der Waals surface area contributed by atoms with E-state index in [0.717, 1.165) is 13.2 Å². The van der Waals surface area contributed by atoms with E-state index >= 15 is 0 Å². The van der Waals surface area contributed by atoms with Gasteiger partial charge in [-0.3, -0.25) is 0 Å². The molecule has 0 unspecified atom stereocenters. The lowest BCUT2D eigenvalue weighted by atomic mass is 10.9. The first-order valence-corrected chi connectivity index (χ1v) is 13.6. The molecule has 0 aliphatic rings. The van der Waals surface area contributed by atoms with E-state index in [0.29, 0.717) is 19.8 Å². The number of hydrogen-bond donors (Lipinski definition) is 0. The Bertz CT molecular complexity index is 200. The van der Waals surface area contributed by atoms with Crippen molar-refractivity contribution in [3.05, 3.63) is 0 Å². The highest BCUT2D eigenvalue weighted by molar-refractivity contribution is 6.42. The third-order valence-electron chi connectivity index (χ3n) is 2.29. The third kappa shape index (κ3) is 26.7. The Labute approximate surface area is 159 Å². The average molecular weight is 421 g/mol. The molecule has 0 heterocycles. The number of rotatable bonds is 13. The maximum Gasteiger partial charge on any atom is 0.484 e. The lowest BCUT2D eigenvalue weighted by Gasteiger charge is -2.12. The predicted molar refractivity (Wildman–Crippen MR) is 106 cm³/mol. The van der Waals surface area contributed by atoms with Crippen molar-refractivity contribution in [2.45, 2.75) is 41.2 Å². The van der Waals surface area contributed by atoms with Crippen LogP contribution in [0, 0.1) is 0 Å². The van der Waals surface area contributed by atoms with E-state index in [1.807, 2.05) is 41.2 Å². The van der Waals surface area contributed by atoms with E-state index in [2.05, 4.69) is 0 Å². The molecule has 0 aliphatic carbocycles. The molecule has 0 amide bonds. The van der Waals surface area contributed by atoms with Gasteiger partial charge in [-0.15, -0.1) is 0 Å². The zero-order valence-electron chi connectivity index (χ0n) is 17.5. The highest BCUT2D eigenvalue weighted by Gasteiger charge is 2.11. The van der Waals surface area contributed by atoms with Crippen molar-refractivity contribution in [2.24, 2.45) is 0 Å². The second kappa shape index (κ2) is 26.6. The third-order valence-corrected chi connectivity index (χ3v) is 6.87. The van der Waals surface area contributed by atoms with Gasteiger partial charge in [0.1, 0.15) is 0 Å². The van der Waals surface area contributed by atoms with Gasteiger partial charge in [-0.2, -0.15) is 0 Å². The summed E-state index contributed by atoms with van der Waals surface area (Å²) in [5.74, 6) is 0. The minimum absolute atomic E-state index is 0.677. The van der Waals surface area contributed by atoms with Crippen LogP contribution in [0.1, 0.15) is 34.6 Å². The van der Waals surface area contributed by atoms with E-state index in [4.69, 9.17) is 35.4 Å². The summed E-state index contributed by atoms with van der Waals surface area (Å²) in [4.78, 5) is 0. The maximum absolute atomic E-state index is 5.22. The van der Waals surface area contributed by atoms with Crippen LogP contribution in [0.4, 0.5) is 0 Å². The normalized spacial score (nSPS) is 10.6. The van der Waals surface area contributed by atoms with Crippen molar-refractivity contribution in [1.29, 1.82) is 0 Å². The Morgan fingerprint density at radius 2 is 0.760 bits per heavy atom. The topological polar surface area (TPSA) is 73.8 Å². The first-order valence-electron chi connectivity index (χ1n) is 8.67. The smallest absolute Gasteiger partial charge is 0.397 e. The molecule has 0 aromatic carbocycles. The molecule has 156 valence electrons. The van der Waals surface area contributed by atoms with Crippen LogP contribution < -0.4 is 0 Å². The molecule has 0 fully saturated rings. The molecule has 0 radical (unpaired) electrons. The van der Waals surface area contributed by atoms with Gasteiger partial charge in [0.15, 0.2) is 0 Å². The van der Waals surface area contributed by atoms with Gasteiger partial charge < -0.3 is 35.4 Å². The SMILES string of the molecule is CCO[SiH](C)OCC.CCO[SiH](OCC)OCC.CO[SiH](OC)OC. The molecule has 0 aliphatic heterocycles. The van der Waals surface area contributed by atoms with E-state index < -0.39 is 28.3 Å². The van der Waals surface area contributed by atoms with Crippen LogP contribution in [0.2, 0.25) is 6.55 Å². The summed E-state index contributed by atoms with van der Waals surface area (Å²) in [5, 5.41) is 0. The summed E-state index contributed by atoms with van der Waals surface area (Å²) in [7, 11) is 0.113. The van der Waals surface area contributed by atoms with Gasteiger partial charge in [-0.25, -0.2) is 0 Å². The van der Waals surface area contributed by atoms with Gasteiger partial charge in [-0.05, 0) is 41.2 Å². The van der Waals surface area contributed by atoms with Crippen molar-refractivity contribution in [2.75, 3.05) is 54.4 Å². The van der Waals surface area contributed by atoms with Crippen molar-refractivity contribution < 1.29 is 35.4 Å².